The fraction of sp³-hybridized carbons (Fsp3) is 0.500. The van der Waals surface area contributed by atoms with Crippen LogP contribution in [0.5, 0.6) is 5.75 Å². The number of benzene rings is 1. The molecule has 1 heterocycles. The third kappa shape index (κ3) is 3.47. The largest absolute Gasteiger partial charge is 0.508 e. The number of phenols is 1. The molecule has 0 aliphatic carbocycles. The average molecular weight is 248 g/mol. The molecule has 4 nitrogen and oxygen atoms in total. The smallest absolute Gasteiger partial charge is 0.222 e. The molecule has 0 saturated carbocycles. The highest BCUT2D eigenvalue weighted by molar-refractivity contribution is 5.76. The molecule has 18 heavy (non-hydrogen) atoms. The molecule has 1 N–H and O–H groups in total. The molecule has 0 aromatic heterocycles. The minimum absolute atomic E-state index is 0.233. The minimum atomic E-state index is 0.233. The molecule has 2 rings (SSSR count). The molecule has 98 valence electrons. The molecule has 0 spiro atoms. The van der Waals surface area contributed by atoms with E-state index in [4.69, 9.17) is 0 Å². The molecule has 0 radical (unpaired) electrons. The Morgan fingerprint density at radius 1 is 1.17 bits per heavy atom. The monoisotopic (exact) mass is 248 g/mol. The number of hydrogen-bond acceptors (Lipinski definition) is 3. The summed E-state index contributed by atoms with van der Waals surface area (Å²) >= 11 is 0. The van der Waals surface area contributed by atoms with Crippen LogP contribution in [-0.4, -0.2) is 54.0 Å². The number of piperazine rings is 1. The van der Waals surface area contributed by atoms with Gasteiger partial charge < -0.3 is 14.9 Å². The van der Waals surface area contributed by atoms with E-state index in [1.807, 2.05) is 17.0 Å². The summed E-state index contributed by atoms with van der Waals surface area (Å²) in [7, 11) is 2.08. The first-order valence-electron chi connectivity index (χ1n) is 6.39. The third-order valence-electron chi connectivity index (χ3n) is 3.42. The fourth-order valence-corrected chi connectivity index (χ4v) is 2.13. The Kier molecular flexibility index (Phi) is 4.20. The highest BCUT2D eigenvalue weighted by Gasteiger charge is 2.18. The molecule has 1 saturated heterocycles. The van der Waals surface area contributed by atoms with E-state index in [0.717, 1.165) is 38.2 Å². The van der Waals surface area contributed by atoms with E-state index < -0.39 is 0 Å². The summed E-state index contributed by atoms with van der Waals surface area (Å²) in [6.45, 7) is 3.60. The first-order valence-corrected chi connectivity index (χ1v) is 6.39. The summed E-state index contributed by atoms with van der Waals surface area (Å²) in [5.41, 5.74) is 1.09. The Hall–Kier alpha value is -1.55. The van der Waals surface area contributed by atoms with Crippen LogP contribution in [-0.2, 0) is 11.2 Å². The van der Waals surface area contributed by atoms with Crippen molar-refractivity contribution < 1.29 is 9.90 Å². The van der Waals surface area contributed by atoms with Crippen molar-refractivity contribution in [1.29, 1.82) is 0 Å². The molecule has 1 aromatic carbocycles. The van der Waals surface area contributed by atoms with Crippen molar-refractivity contribution >= 4 is 5.91 Å². The van der Waals surface area contributed by atoms with Gasteiger partial charge in [-0.25, -0.2) is 0 Å². The van der Waals surface area contributed by atoms with Gasteiger partial charge in [0.05, 0.1) is 0 Å². The van der Waals surface area contributed by atoms with Gasteiger partial charge in [0, 0.05) is 32.6 Å². The van der Waals surface area contributed by atoms with E-state index in [1.165, 1.54) is 0 Å². The first-order chi connectivity index (χ1) is 8.65. The zero-order valence-corrected chi connectivity index (χ0v) is 10.8. The second kappa shape index (κ2) is 5.87. The first kappa shape index (κ1) is 12.9. The van der Waals surface area contributed by atoms with Crippen LogP contribution in [0.4, 0.5) is 0 Å². The Bertz CT molecular complexity index is 395. The van der Waals surface area contributed by atoms with Crippen molar-refractivity contribution in [1.82, 2.24) is 9.80 Å². The summed E-state index contributed by atoms with van der Waals surface area (Å²) in [4.78, 5) is 16.2. The molecular formula is C14H20N2O2. The number of amides is 1. The average Bonchev–Trinajstić information content (AvgIpc) is 2.38. The second-order valence-corrected chi connectivity index (χ2v) is 4.85. The highest BCUT2D eigenvalue weighted by atomic mass is 16.3. The predicted molar refractivity (Wildman–Crippen MR) is 70.5 cm³/mol. The van der Waals surface area contributed by atoms with Crippen LogP contribution in [0, 0.1) is 0 Å². The number of phenolic OH excluding ortho intramolecular Hbond substituents is 1. The standard InChI is InChI=1S/C14H20N2O2/c1-15-8-10-16(11-9-15)14(18)7-4-12-2-5-13(17)6-3-12/h2-3,5-6,17H,4,7-11H2,1H3. The maximum atomic E-state index is 12.0. The molecule has 4 heteroatoms. The van der Waals surface area contributed by atoms with Gasteiger partial charge in [-0.2, -0.15) is 0 Å². The van der Waals surface area contributed by atoms with Crippen molar-refractivity contribution in [3.8, 4) is 5.75 Å². The summed E-state index contributed by atoms with van der Waals surface area (Å²) in [6.07, 6.45) is 1.29. The second-order valence-electron chi connectivity index (χ2n) is 4.85. The van der Waals surface area contributed by atoms with Gasteiger partial charge >= 0.3 is 0 Å². The molecule has 1 aliphatic rings. The Labute approximate surface area is 108 Å². The number of aromatic hydroxyl groups is 1. The van der Waals surface area contributed by atoms with E-state index in [2.05, 4.69) is 11.9 Å². The van der Waals surface area contributed by atoms with Gasteiger partial charge in [0.2, 0.25) is 5.91 Å². The molecule has 0 atom stereocenters. The van der Waals surface area contributed by atoms with E-state index >= 15 is 0 Å². The van der Waals surface area contributed by atoms with Crippen LogP contribution in [0.25, 0.3) is 0 Å². The van der Waals surface area contributed by atoms with Gasteiger partial charge in [-0.1, -0.05) is 12.1 Å². The van der Waals surface area contributed by atoms with Gasteiger partial charge in [0.1, 0.15) is 5.75 Å². The summed E-state index contributed by atoms with van der Waals surface area (Å²) in [5, 5.41) is 9.18. The lowest BCUT2D eigenvalue weighted by Gasteiger charge is -2.32. The number of carbonyl (C=O) groups excluding carboxylic acids is 1. The zero-order chi connectivity index (χ0) is 13.0. The summed E-state index contributed by atoms with van der Waals surface area (Å²) in [5.74, 6) is 0.500. The number of likely N-dealkylation sites (N-methyl/N-ethyl adjacent to an activating group) is 1. The fourth-order valence-electron chi connectivity index (χ4n) is 2.13. The SMILES string of the molecule is CN1CCN(C(=O)CCc2ccc(O)cc2)CC1. The molecule has 1 aliphatic heterocycles. The Morgan fingerprint density at radius 2 is 1.78 bits per heavy atom. The van der Waals surface area contributed by atoms with Crippen LogP contribution in [0.3, 0.4) is 0 Å². The Morgan fingerprint density at radius 3 is 2.39 bits per heavy atom. The minimum Gasteiger partial charge on any atom is -0.508 e. The van der Waals surface area contributed by atoms with Crippen LogP contribution in [0.2, 0.25) is 0 Å². The molecule has 0 bridgehead atoms. The van der Waals surface area contributed by atoms with Gasteiger partial charge in [0.15, 0.2) is 0 Å². The van der Waals surface area contributed by atoms with Crippen LogP contribution in [0.15, 0.2) is 24.3 Å². The molecular weight excluding hydrogens is 228 g/mol. The van der Waals surface area contributed by atoms with E-state index in [1.54, 1.807) is 12.1 Å². The van der Waals surface area contributed by atoms with Gasteiger partial charge in [-0.05, 0) is 31.2 Å². The van der Waals surface area contributed by atoms with Crippen molar-refractivity contribution in [2.75, 3.05) is 33.2 Å². The van der Waals surface area contributed by atoms with Crippen LogP contribution >= 0.6 is 0 Å². The van der Waals surface area contributed by atoms with E-state index in [-0.39, 0.29) is 11.7 Å². The van der Waals surface area contributed by atoms with Crippen LogP contribution < -0.4 is 0 Å². The van der Waals surface area contributed by atoms with Gasteiger partial charge in [-0.3, -0.25) is 4.79 Å². The predicted octanol–water partition coefficient (Wildman–Crippen LogP) is 1.10. The van der Waals surface area contributed by atoms with Crippen molar-refractivity contribution in [2.45, 2.75) is 12.8 Å². The number of nitrogens with zero attached hydrogens (tertiary/aromatic N) is 2. The van der Waals surface area contributed by atoms with Crippen molar-refractivity contribution in [3.63, 3.8) is 0 Å². The van der Waals surface area contributed by atoms with Crippen LogP contribution in [0.1, 0.15) is 12.0 Å². The van der Waals surface area contributed by atoms with Crippen molar-refractivity contribution in [2.24, 2.45) is 0 Å². The van der Waals surface area contributed by atoms with E-state index in [0.29, 0.717) is 6.42 Å². The molecule has 0 unspecified atom stereocenters. The lowest BCUT2D eigenvalue weighted by Crippen LogP contribution is -2.47. The number of aryl methyl sites for hydroxylation is 1. The number of rotatable bonds is 3. The highest BCUT2D eigenvalue weighted by Crippen LogP contribution is 2.12. The van der Waals surface area contributed by atoms with Gasteiger partial charge in [-0.15, -0.1) is 0 Å². The summed E-state index contributed by atoms with van der Waals surface area (Å²) in [6, 6.07) is 7.06. The zero-order valence-electron chi connectivity index (χ0n) is 10.8. The van der Waals surface area contributed by atoms with Gasteiger partial charge in [0.25, 0.3) is 0 Å². The number of hydrogen-bond donors (Lipinski definition) is 1. The quantitative estimate of drug-likeness (QED) is 0.871. The normalized spacial score (nSPS) is 16.8. The van der Waals surface area contributed by atoms with Crippen molar-refractivity contribution in [3.05, 3.63) is 29.8 Å². The molecule has 1 amide bonds. The summed E-state index contributed by atoms with van der Waals surface area (Å²) < 4.78 is 0. The molecule has 1 aromatic rings. The Balaban J connectivity index is 1.79. The topological polar surface area (TPSA) is 43.8 Å². The number of carbonyl (C=O) groups is 1. The lowest BCUT2D eigenvalue weighted by molar-refractivity contribution is -0.132. The maximum absolute atomic E-state index is 12.0. The van der Waals surface area contributed by atoms with E-state index in [9.17, 15) is 9.90 Å². The lowest BCUT2D eigenvalue weighted by atomic mass is 10.1. The maximum Gasteiger partial charge on any atom is 0.222 e. The third-order valence-corrected chi connectivity index (χ3v) is 3.42. The molecule has 1 fully saturated rings.